The van der Waals surface area contributed by atoms with Gasteiger partial charge in [0, 0.05) is 5.56 Å². The predicted octanol–water partition coefficient (Wildman–Crippen LogP) is 4.75. The van der Waals surface area contributed by atoms with Crippen molar-refractivity contribution in [3.8, 4) is 11.5 Å². The number of rotatable bonds is 6. The molecule has 0 saturated carbocycles. The van der Waals surface area contributed by atoms with Crippen LogP contribution in [0.15, 0.2) is 36.4 Å². The van der Waals surface area contributed by atoms with Gasteiger partial charge >= 0.3 is 0 Å². The van der Waals surface area contributed by atoms with Gasteiger partial charge in [0.1, 0.15) is 17.3 Å². The largest absolute Gasteiger partial charge is 0.496 e. The lowest BCUT2D eigenvalue weighted by Gasteiger charge is -2.18. The molecule has 22 heavy (non-hydrogen) atoms. The van der Waals surface area contributed by atoms with Crippen LogP contribution in [0.2, 0.25) is 0 Å². The van der Waals surface area contributed by atoms with Crippen molar-refractivity contribution in [2.75, 3.05) is 14.2 Å². The third-order valence-corrected chi connectivity index (χ3v) is 3.80. The Kier molecular flexibility index (Phi) is 5.42. The van der Waals surface area contributed by atoms with E-state index in [4.69, 9.17) is 9.47 Å². The Hall–Kier alpha value is -2.03. The Bertz CT molecular complexity index is 593. The van der Waals surface area contributed by atoms with E-state index in [0.717, 1.165) is 41.0 Å². The molecule has 0 amide bonds. The molecule has 0 atom stereocenters. The molecule has 0 N–H and O–H groups in total. The molecule has 0 aliphatic carbocycles. The fourth-order valence-corrected chi connectivity index (χ4v) is 2.65. The van der Waals surface area contributed by atoms with Gasteiger partial charge in [-0.05, 0) is 54.2 Å². The number of ether oxygens (including phenoxy) is 2. The van der Waals surface area contributed by atoms with E-state index in [9.17, 15) is 4.39 Å². The van der Waals surface area contributed by atoms with E-state index in [0.29, 0.717) is 5.92 Å². The molecule has 3 heteroatoms. The summed E-state index contributed by atoms with van der Waals surface area (Å²) in [5, 5.41) is 0. The van der Waals surface area contributed by atoms with E-state index in [1.54, 1.807) is 14.2 Å². The molecule has 2 aromatic rings. The molecule has 2 rings (SSSR count). The van der Waals surface area contributed by atoms with Crippen molar-refractivity contribution in [1.82, 2.24) is 0 Å². The van der Waals surface area contributed by atoms with Crippen molar-refractivity contribution in [3.63, 3.8) is 0 Å². The lowest BCUT2D eigenvalue weighted by atomic mass is 9.96. The number of methoxy groups -OCH3 is 2. The number of aryl methyl sites for hydroxylation is 2. The van der Waals surface area contributed by atoms with Gasteiger partial charge in [-0.25, -0.2) is 4.39 Å². The average Bonchev–Trinajstić information content (AvgIpc) is 2.53. The van der Waals surface area contributed by atoms with Crippen LogP contribution in [-0.4, -0.2) is 14.2 Å². The smallest absolute Gasteiger partial charge is 0.126 e. The van der Waals surface area contributed by atoms with Gasteiger partial charge in [0.15, 0.2) is 0 Å². The van der Waals surface area contributed by atoms with Crippen LogP contribution in [0.5, 0.6) is 11.5 Å². The third kappa shape index (κ3) is 3.79. The molecule has 0 aliphatic heterocycles. The average molecular weight is 302 g/mol. The van der Waals surface area contributed by atoms with Crippen molar-refractivity contribution in [1.29, 1.82) is 0 Å². The molecule has 0 heterocycles. The maximum atomic E-state index is 12.9. The van der Waals surface area contributed by atoms with Crippen LogP contribution >= 0.6 is 0 Å². The topological polar surface area (TPSA) is 18.5 Å². The maximum Gasteiger partial charge on any atom is 0.126 e. The van der Waals surface area contributed by atoms with Crippen molar-refractivity contribution >= 4 is 0 Å². The number of hydrogen-bond donors (Lipinski definition) is 0. The van der Waals surface area contributed by atoms with Gasteiger partial charge in [-0.3, -0.25) is 0 Å². The van der Waals surface area contributed by atoms with E-state index in [1.165, 1.54) is 12.1 Å². The van der Waals surface area contributed by atoms with Crippen LogP contribution in [0.3, 0.4) is 0 Å². The molecule has 0 bridgehead atoms. The highest BCUT2D eigenvalue weighted by Crippen LogP contribution is 2.36. The van der Waals surface area contributed by atoms with Crippen molar-refractivity contribution < 1.29 is 13.9 Å². The zero-order valence-corrected chi connectivity index (χ0v) is 13.7. The van der Waals surface area contributed by atoms with Gasteiger partial charge in [-0.1, -0.05) is 26.0 Å². The highest BCUT2D eigenvalue weighted by atomic mass is 19.1. The first-order chi connectivity index (χ1) is 10.5. The molecular weight excluding hydrogens is 279 g/mol. The van der Waals surface area contributed by atoms with E-state index in [1.807, 2.05) is 12.1 Å². The fraction of sp³-hybridized carbons (Fsp3) is 0.368. The van der Waals surface area contributed by atoms with Crippen molar-refractivity contribution in [2.45, 2.75) is 32.6 Å². The van der Waals surface area contributed by atoms with E-state index >= 15 is 0 Å². The quantitative estimate of drug-likeness (QED) is 0.766. The maximum absolute atomic E-state index is 12.9. The normalized spacial score (nSPS) is 10.8. The highest BCUT2D eigenvalue weighted by molar-refractivity contribution is 5.50. The van der Waals surface area contributed by atoms with Crippen LogP contribution in [0, 0.1) is 5.82 Å². The van der Waals surface area contributed by atoms with Crippen LogP contribution in [0.4, 0.5) is 4.39 Å². The third-order valence-electron chi connectivity index (χ3n) is 3.80. The second-order valence-corrected chi connectivity index (χ2v) is 5.70. The fourth-order valence-electron chi connectivity index (χ4n) is 2.65. The second-order valence-electron chi connectivity index (χ2n) is 5.70. The molecule has 0 radical (unpaired) electrons. The van der Waals surface area contributed by atoms with Gasteiger partial charge < -0.3 is 9.47 Å². The molecule has 0 aliphatic rings. The van der Waals surface area contributed by atoms with Crippen LogP contribution < -0.4 is 9.47 Å². The van der Waals surface area contributed by atoms with E-state index < -0.39 is 0 Å². The Morgan fingerprint density at radius 3 is 1.82 bits per heavy atom. The molecule has 0 fully saturated rings. The van der Waals surface area contributed by atoms with E-state index in [-0.39, 0.29) is 5.82 Å². The van der Waals surface area contributed by atoms with Crippen molar-refractivity contribution in [2.24, 2.45) is 0 Å². The zero-order chi connectivity index (χ0) is 16.1. The molecule has 0 aromatic heterocycles. The Balaban J connectivity index is 2.22. The SMILES string of the molecule is COc1cc(CCc2ccc(F)cc2)cc(OC)c1C(C)C. The minimum Gasteiger partial charge on any atom is -0.496 e. The minimum atomic E-state index is -0.201. The zero-order valence-electron chi connectivity index (χ0n) is 13.7. The number of benzene rings is 2. The monoisotopic (exact) mass is 302 g/mol. The lowest BCUT2D eigenvalue weighted by Crippen LogP contribution is -2.01. The summed E-state index contributed by atoms with van der Waals surface area (Å²) >= 11 is 0. The molecule has 0 saturated heterocycles. The molecular formula is C19H23FO2. The van der Waals surface area contributed by atoms with Gasteiger partial charge in [-0.2, -0.15) is 0 Å². The van der Waals surface area contributed by atoms with Gasteiger partial charge in [0.2, 0.25) is 0 Å². The van der Waals surface area contributed by atoms with Gasteiger partial charge in [0.25, 0.3) is 0 Å². The van der Waals surface area contributed by atoms with Crippen LogP contribution in [-0.2, 0) is 12.8 Å². The molecule has 2 nitrogen and oxygen atoms in total. The summed E-state index contributed by atoms with van der Waals surface area (Å²) in [6.45, 7) is 4.25. The first kappa shape index (κ1) is 16.3. The summed E-state index contributed by atoms with van der Waals surface area (Å²) < 4.78 is 24.0. The summed E-state index contributed by atoms with van der Waals surface area (Å²) in [6.07, 6.45) is 1.71. The Morgan fingerprint density at radius 1 is 0.864 bits per heavy atom. The van der Waals surface area contributed by atoms with E-state index in [2.05, 4.69) is 26.0 Å². The summed E-state index contributed by atoms with van der Waals surface area (Å²) in [5.41, 5.74) is 3.37. The Labute approximate surface area is 131 Å². The molecule has 0 spiro atoms. The van der Waals surface area contributed by atoms with Gasteiger partial charge in [0.05, 0.1) is 14.2 Å². The summed E-state index contributed by atoms with van der Waals surface area (Å²) in [6, 6.07) is 10.8. The summed E-state index contributed by atoms with van der Waals surface area (Å²) in [5.74, 6) is 1.86. The van der Waals surface area contributed by atoms with Gasteiger partial charge in [-0.15, -0.1) is 0 Å². The molecule has 118 valence electrons. The standard InChI is InChI=1S/C19H23FO2/c1-13(2)19-17(21-3)11-15(12-18(19)22-4)6-5-14-7-9-16(20)10-8-14/h7-13H,5-6H2,1-4H3. The van der Waals surface area contributed by atoms with Crippen LogP contribution in [0.1, 0.15) is 36.5 Å². The summed E-state index contributed by atoms with van der Waals surface area (Å²) in [7, 11) is 3.37. The first-order valence-electron chi connectivity index (χ1n) is 7.54. The Morgan fingerprint density at radius 2 is 1.36 bits per heavy atom. The minimum absolute atomic E-state index is 0.201. The number of halogens is 1. The lowest BCUT2D eigenvalue weighted by molar-refractivity contribution is 0.381. The second kappa shape index (κ2) is 7.30. The summed E-state index contributed by atoms with van der Waals surface area (Å²) in [4.78, 5) is 0. The predicted molar refractivity (Wildman–Crippen MR) is 87.4 cm³/mol. The molecule has 2 aromatic carbocycles. The highest BCUT2D eigenvalue weighted by Gasteiger charge is 2.15. The number of hydrogen-bond acceptors (Lipinski definition) is 2. The molecule has 0 unspecified atom stereocenters. The van der Waals surface area contributed by atoms with Crippen LogP contribution in [0.25, 0.3) is 0 Å². The first-order valence-corrected chi connectivity index (χ1v) is 7.54. The van der Waals surface area contributed by atoms with Crippen molar-refractivity contribution in [3.05, 3.63) is 58.9 Å².